The summed E-state index contributed by atoms with van der Waals surface area (Å²) in [5.74, 6) is -1.63. The minimum Gasteiger partial charge on any atom is -0.789 e. The Bertz CT molecular complexity index is 1520. The molecule has 5 atom stereocenters. The minimum atomic E-state index is -6.03. The molecule has 0 radical (unpaired) electrons. The van der Waals surface area contributed by atoms with E-state index in [1.807, 2.05) is 0 Å². The van der Waals surface area contributed by atoms with Gasteiger partial charge in [-0.05, 0) is 12.1 Å². The number of carbonyl (C=O) groups is 1. The number of aliphatic hydroxyl groups excluding tert-OH is 2. The monoisotopic (exact) mass is 620 g/mol. The standard InChI is InChI=1S/C18H22N6O12P2.2Na/c1-20-9-5-3-2-4-8(9)17(28)35-38(32,36-37(29,30)31)33-6-10-12(25)13(26)16(34-10)24-7-21-11-14(24)22-18(19)23-15(11)27;;/h2-5,7,10,12-13,16,20,25-26H,6H2,1H3,(H2,29,30,31)(H3,19,22,23,27);;/q;2*+1/p-2/t10-,12-,13-,16-,38?;;/m1../s1. The van der Waals surface area contributed by atoms with Crippen molar-refractivity contribution in [2.45, 2.75) is 24.5 Å². The van der Waals surface area contributed by atoms with E-state index in [-0.39, 0.29) is 87.5 Å². The number of aliphatic hydroxyl groups is 2. The number of phosphoric ester groups is 1. The summed E-state index contributed by atoms with van der Waals surface area (Å²) >= 11 is 0. The van der Waals surface area contributed by atoms with Crippen LogP contribution >= 0.6 is 15.6 Å². The number of H-pyrrole nitrogens is 1. The Kier molecular flexibility index (Phi) is 12.1. The van der Waals surface area contributed by atoms with E-state index in [2.05, 4.69) is 29.1 Å². The molecule has 2 aromatic heterocycles. The molecule has 40 heavy (non-hydrogen) atoms. The van der Waals surface area contributed by atoms with Crippen molar-refractivity contribution in [1.29, 1.82) is 0 Å². The number of fused-ring (bicyclic) bond motifs is 1. The van der Waals surface area contributed by atoms with Gasteiger partial charge in [0.15, 0.2) is 17.4 Å². The number of ether oxygens (including phenoxy) is 1. The number of aromatic nitrogens is 4. The van der Waals surface area contributed by atoms with Crippen molar-refractivity contribution in [1.82, 2.24) is 19.5 Å². The predicted octanol–water partition coefficient (Wildman–Crippen LogP) is -7.80. The van der Waals surface area contributed by atoms with Crippen molar-refractivity contribution in [3.8, 4) is 0 Å². The van der Waals surface area contributed by atoms with Gasteiger partial charge in [0.2, 0.25) is 5.95 Å². The number of phosphoric acid groups is 2. The first-order chi connectivity index (χ1) is 17.8. The van der Waals surface area contributed by atoms with E-state index in [0.29, 0.717) is 0 Å². The number of benzene rings is 1. The maximum atomic E-state index is 13.0. The third kappa shape index (κ3) is 7.80. The maximum absolute atomic E-state index is 13.0. The fraction of sp³-hybridized carbons (Fsp3) is 0.333. The first kappa shape index (κ1) is 35.0. The summed E-state index contributed by atoms with van der Waals surface area (Å²) in [6.07, 6.45) is -5.33. The molecule has 0 saturated carbocycles. The summed E-state index contributed by atoms with van der Waals surface area (Å²) in [5.41, 5.74) is 4.61. The summed E-state index contributed by atoms with van der Waals surface area (Å²) in [6, 6.07) is 5.69. The summed E-state index contributed by atoms with van der Waals surface area (Å²) in [6.45, 7) is -0.990. The molecule has 0 aliphatic carbocycles. The second-order valence-corrected chi connectivity index (χ2v) is 10.7. The molecule has 1 fully saturated rings. The third-order valence-electron chi connectivity index (χ3n) is 5.27. The average Bonchev–Trinajstić information content (AvgIpc) is 3.37. The number of nitrogen functional groups attached to an aromatic ring is 1. The van der Waals surface area contributed by atoms with Gasteiger partial charge in [-0.3, -0.25) is 18.9 Å². The number of nitrogens with one attached hydrogen (secondary N) is 2. The van der Waals surface area contributed by atoms with Gasteiger partial charge in [-0.1, -0.05) is 12.1 Å². The van der Waals surface area contributed by atoms with Crippen molar-refractivity contribution in [3.05, 3.63) is 46.5 Å². The van der Waals surface area contributed by atoms with E-state index < -0.39 is 58.3 Å². The van der Waals surface area contributed by atoms with E-state index in [1.54, 1.807) is 6.07 Å². The normalized spacial score (nSPS) is 22.1. The molecule has 0 bridgehead atoms. The summed E-state index contributed by atoms with van der Waals surface area (Å²) in [7, 11) is -10.0. The number of imidazole rings is 1. The Morgan fingerprint density at radius 1 is 1.25 bits per heavy atom. The molecule has 4 rings (SSSR count). The average molecular weight is 620 g/mol. The van der Waals surface area contributed by atoms with E-state index in [0.717, 1.165) is 10.9 Å². The van der Waals surface area contributed by atoms with Gasteiger partial charge in [0.1, 0.15) is 18.3 Å². The van der Waals surface area contributed by atoms with Gasteiger partial charge in [-0.25, -0.2) is 18.7 Å². The second-order valence-electron chi connectivity index (χ2n) is 7.77. The molecule has 1 aliphatic heterocycles. The maximum Gasteiger partial charge on any atom is 1.00 e. The zero-order chi connectivity index (χ0) is 27.8. The van der Waals surface area contributed by atoms with Gasteiger partial charge in [0, 0.05) is 12.7 Å². The molecule has 18 nitrogen and oxygen atoms in total. The number of carbonyl (C=O) groups excluding carboxylic acids is 1. The number of hydrogen-bond donors (Lipinski definition) is 5. The van der Waals surface area contributed by atoms with Gasteiger partial charge in [0.05, 0.1) is 26.3 Å². The molecule has 1 saturated heterocycles. The predicted molar refractivity (Wildman–Crippen MR) is 122 cm³/mol. The van der Waals surface area contributed by atoms with Crippen LogP contribution in [0, 0.1) is 0 Å². The van der Waals surface area contributed by atoms with Gasteiger partial charge in [0.25, 0.3) is 5.56 Å². The van der Waals surface area contributed by atoms with Crippen LogP contribution in [0.1, 0.15) is 16.6 Å². The number of anilines is 2. The fourth-order valence-electron chi connectivity index (χ4n) is 3.61. The zero-order valence-electron chi connectivity index (χ0n) is 21.2. The Morgan fingerprint density at radius 3 is 2.58 bits per heavy atom. The van der Waals surface area contributed by atoms with E-state index in [4.69, 9.17) is 15.0 Å². The van der Waals surface area contributed by atoms with Gasteiger partial charge in [-0.15, -0.1) is 0 Å². The number of nitrogens with two attached hydrogens (primary N) is 1. The van der Waals surface area contributed by atoms with Crippen molar-refractivity contribution in [3.63, 3.8) is 0 Å². The van der Waals surface area contributed by atoms with Crippen LogP contribution in [-0.2, 0) is 27.2 Å². The van der Waals surface area contributed by atoms with Crippen LogP contribution in [-0.4, -0.2) is 67.7 Å². The van der Waals surface area contributed by atoms with Crippen LogP contribution in [0.3, 0.4) is 0 Å². The third-order valence-corrected chi connectivity index (χ3v) is 7.72. The van der Waals surface area contributed by atoms with Crippen LogP contribution < -0.4 is 85.5 Å². The van der Waals surface area contributed by atoms with Crippen molar-refractivity contribution >= 4 is 44.4 Å². The van der Waals surface area contributed by atoms with Gasteiger partial charge >= 0.3 is 72.9 Å². The number of nitrogens with zero attached hydrogens (tertiary/aromatic N) is 3. The van der Waals surface area contributed by atoms with Gasteiger partial charge in [-0.2, -0.15) is 4.98 Å². The molecule has 22 heteroatoms. The van der Waals surface area contributed by atoms with Crippen LogP contribution in [0.5, 0.6) is 0 Å². The molecule has 6 N–H and O–H groups in total. The topological polar surface area (TPSA) is 276 Å². The summed E-state index contributed by atoms with van der Waals surface area (Å²) in [5, 5.41) is 23.6. The molecular formula is C18H20N6Na2O12P2. The van der Waals surface area contributed by atoms with E-state index in [1.165, 1.54) is 25.2 Å². The Balaban J connectivity index is 0.00000280. The van der Waals surface area contributed by atoms with Crippen LogP contribution in [0.15, 0.2) is 35.4 Å². The van der Waals surface area contributed by atoms with Gasteiger partial charge < -0.3 is 44.9 Å². The number of hydrogen-bond acceptors (Lipinski definition) is 16. The van der Waals surface area contributed by atoms with Crippen LogP contribution in [0.4, 0.5) is 11.6 Å². The Hall–Kier alpha value is -1.18. The first-order valence-electron chi connectivity index (χ1n) is 10.5. The minimum absolute atomic E-state index is 0. The zero-order valence-corrected chi connectivity index (χ0v) is 27.0. The largest absolute Gasteiger partial charge is 1.00 e. The summed E-state index contributed by atoms with van der Waals surface area (Å²) < 4.78 is 44.2. The van der Waals surface area contributed by atoms with E-state index >= 15 is 0 Å². The molecule has 206 valence electrons. The molecule has 3 heterocycles. The molecule has 0 spiro atoms. The van der Waals surface area contributed by atoms with Crippen LogP contribution in [0.2, 0.25) is 0 Å². The van der Waals surface area contributed by atoms with E-state index in [9.17, 15) is 38.7 Å². The fourth-order valence-corrected chi connectivity index (χ4v) is 5.59. The summed E-state index contributed by atoms with van der Waals surface area (Å²) in [4.78, 5) is 57.0. The molecule has 1 aromatic carbocycles. The molecule has 1 aliphatic rings. The number of rotatable bonds is 9. The van der Waals surface area contributed by atoms with Crippen molar-refractivity contribution in [2.75, 3.05) is 24.7 Å². The smallest absolute Gasteiger partial charge is 0.789 e. The van der Waals surface area contributed by atoms with Crippen LogP contribution in [0.25, 0.3) is 11.2 Å². The molecule has 3 aromatic rings. The second kappa shape index (κ2) is 13.9. The first-order valence-corrected chi connectivity index (χ1v) is 13.5. The van der Waals surface area contributed by atoms with Crippen molar-refractivity contribution in [2.24, 2.45) is 0 Å². The molecular weight excluding hydrogens is 600 g/mol. The SMILES string of the molecule is CNc1ccccc1C(=O)OP(=O)(OC[C@H]1O[C@@H](n2cnc3c(=O)[nH]c(N)nc32)[C@H](O)[C@@H]1O)OP(=O)([O-])[O-].[Na+].[Na+]. The Labute approximate surface area is 269 Å². The molecule has 0 amide bonds. The van der Waals surface area contributed by atoms with Crippen molar-refractivity contribution < 1.29 is 111 Å². The number of para-hydroxylation sites is 1. The Morgan fingerprint density at radius 2 is 1.93 bits per heavy atom. The molecule has 1 unspecified atom stereocenters. The quantitative estimate of drug-likeness (QED) is 0.110. The number of aromatic amines is 1.